The molecule has 8 nitrogen and oxygen atoms in total. The molecule has 1 aromatic heterocycles. The molecule has 8 heteroatoms. The molecular weight excluding hydrogens is 358 g/mol. The van der Waals surface area contributed by atoms with Crippen LogP contribution < -0.4 is 14.9 Å². The Balaban J connectivity index is 1.74. The topological polar surface area (TPSA) is 90.6 Å². The average Bonchev–Trinajstić information content (AvgIpc) is 3.10. The summed E-state index contributed by atoms with van der Waals surface area (Å²) in [5.41, 5.74) is 5.48. The molecule has 0 atom stereocenters. The number of hydrogen-bond acceptors (Lipinski definition) is 6. The number of ether oxygens (including phenoxy) is 2. The zero-order valence-electron chi connectivity index (χ0n) is 16.2. The lowest BCUT2D eigenvalue weighted by Gasteiger charge is -2.12. The quantitative estimate of drug-likeness (QED) is 0.479. The standard InChI is InChI=1S/C20H23N5O3/c1-4-27-15-10-11-19(28-5-2)16(12-15)14(3)21-23-20(26)13-25-18-9-7-6-8-17(18)22-24-25/h6-12H,4-5,13H2,1-3H3,(H,23,26)/b21-14-. The number of fused-ring (bicyclic) bond motifs is 1. The van der Waals surface area contributed by atoms with Crippen molar-refractivity contribution in [2.24, 2.45) is 5.10 Å². The minimum Gasteiger partial charge on any atom is -0.494 e. The van der Waals surface area contributed by atoms with E-state index in [2.05, 4.69) is 20.8 Å². The highest BCUT2D eigenvalue weighted by Gasteiger charge is 2.11. The second-order valence-electron chi connectivity index (χ2n) is 5.99. The van der Waals surface area contributed by atoms with Gasteiger partial charge in [0, 0.05) is 5.56 Å². The maximum absolute atomic E-state index is 12.3. The van der Waals surface area contributed by atoms with Gasteiger partial charge in [-0.05, 0) is 51.1 Å². The monoisotopic (exact) mass is 381 g/mol. The van der Waals surface area contributed by atoms with E-state index in [0.29, 0.717) is 24.7 Å². The second-order valence-corrected chi connectivity index (χ2v) is 5.99. The van der Waals surface area contributed by atoms with Crippen molar-refractivity contribution < 1.29 is 14.3 Å². The number of para-hydroxylation sites is 1. The van der Waals surface area contributed by atoms with Crippen LogP contribution in [0, 0.1) is 0 Å². The Morgan fingerprint density at radius 2 is 1.93 bits per heavy atom. The fourth-order valence-corrected chi connectivity index (χ4v) is 2.74. The molecule has 0 spiro atoms. The summed E-state index contributed by atoms with van der Waals surface area (Å²) in [5.74, 6) is 1.11. The van der Waals surface area contributed by atoms with Crippen molar-refractivity contribution in [3.05, 3.63) is 48.0 Å². The Bertz CT molecular complexity index is 996. The first kappa shape index (κ1) is 19.3. The van der Waals surface area contributed by atoms with Crippen molar-refractivity contribution in [1.82, 2.24) is 20.4 Å². The van der Waals surface area contributed by atoms with E-state index in [4.69, 9.17) is 9.47 Å². The van der Waals surface area contributed by atoms with Gasteiger partial charge in [0.15, 0.2) is 0 Å². The number of benzene rings is 2. The van der Waals surface area contributed by atoms with Crippen LogP contribution in [-0.4, -0.2) is 39.8 Å². The smallest absolute Gasteiger partial charge is 0.261 e. The number of carbonyl (C=O) groups is 1. The third-order valence-electron chi connectivity index (χ3n) is 4.01. The van der Waals surface area contributed by atoms with Gasteiger partial charge < -0.3 is 9.47 Å². The lowest BCUT2D eigenvalue weighted by molar-refractivity contribution is -0.121. The van der Waals surface area contributed by atoms with E-state index in [-0.39, 0.29) is 12.5 Å². The van der Waals surface area contributed by atoms with Crippen LogP contribution in [-0.2, 0) is 11.3 Å². The van der Waals surface area contributed by atoms with Crippen LogP contribution in [0.5, 0.6) is 11.5 Å². The number of aromatic nitrogens is 3. The van der Waals surface area contributed by atoms with Crippen molar-refractivity contribution in [1.29, 1.82) is 0 Å². The minimum atomic E-state index is -0.297. The normalized spacial score (nSPS) is 11.5. The molecule has 2 aromatic carbocycles. The van der Waals surface area contributed by atoms with Crippen molar-refractivity contribution in [2.45, 2.75) is 27.3 Å². The Morgan fingerprint density at radius 1 is 1.14 bits per heavy atom. The summed E-state index contributed by atoms with van der Waals surface area (Å²) in [5, 5.41) is 12.3. The first-order valence-electron chi connectivity index (χ1n) is 9.13. The lowest BCUT2D eigenvalue weighted by Crippen LogP contribution is -2.25. The number of nitrogens with zero attached hydrogens (tertiary/aromatic N) is 4. The molecule has 3 aromatic rings. The van der Waals surface area contributed by atoms with Crippen molar-refractivity contribution >= 4 is 22.7 Å². The number of hydrogen-bond donors (Lipinski definition) is 1. The van der Waals surface area contributed by atoms with Crippen LogP contribution >= 0.6 is 0 Å². The number of nitrogens with one attached hydrogen (secondary N) is 1. The fourth-order valence-electron chi connectivity index (χ4n) is 2.74. The maximum Gasteiger partial charge on any atom is 0.261 e. The Hall–Kier alpha value is -3.42. The predicted octanol–water partition coefficient (Wildman–Crippen LogP) is 2.77. The SMILES string of the molecule is CCOc1ccc(OCC)c(/C(C)=N\NC(=O)Cn2nnc3ccccc32)c1. The van der Waals surface area contributed by atoms with E-state index in [1.165, 1.54) is 4.68 Å². The zero-order valence-corrected chi connectivity index (χ0v) is 16.2. The summed E-state index contributed by atoms with van der Waals surface area (Å²) in [6, 6.07) is 13.0. The van der Waals surface area contributed by atoms with Crippen molar-refractivity contribution in [2.75, 3.05) is 13.2 Å². The minimum absolute atomic E-state index is 0.0224. The summed E-state index contributed by atoms with van der Waals surface area (Å²) >= 11 is 0. The molecular formula is C20H23N5O3. The fraction of sp³-hybridized carbons (Fsp3) is 0.300. The molecule has 3 rings (SSSR count). The molecule has 0 aliphatic carbocycles. The summed E-state index contributed by atoms with van der Waals surface area (Å²) < 4.78 is 12.7. The molecule has 28 heavy (non-hydrogen) atoms. The number of rotatable bonds is 8. The van der Waals surface area contributed by atoms with Crippen LogP contribution in [0.25, 0.3) is 11.0 Å². The Kier molecular flexibility index (Phi) is 6.21. The second kappa shape index (κ2) is 8.98. The summed E-state index contributed by atoms with van der Waals surface area (Å²) in [6.45, 7) is 6.75. The molecule has 0 radical (unpaired) electrons. The third kappa shape index (κ3) is 4.46. The van der Waals surface area contributed by atoms with E-state index in [9.17, 15) is 4.79 Å². The Morgan fingerprint density at radius 3 is 2.71 bits per heavy atom. The van der Waals surface area contributed by atoms with E-state index in [1.807, 2.05) is 56.3 Å². The first-order chi connectivity index (χ1) is 13.6. The molecule has 0 bridgehead atoms. The van der Waals surface area contributed by atoms with Gasteiger partial charge in [0.1, 0.15) is 23.6 Å². The largest absolute Gasteiger partial charge is 0.494 e. The van der Waals surface area contributed by atoms with Crippen LogP contribution in [0.15, 0.2) is 47.6 Å². The van der Waals surface area contributed by atoms with Crippen LogP contribution in [0.4, 0.5) is 0 Å². The molecule has 146 valence electrons. The van der Waals surface area contributed by atoms with Crippen molar-refractivity contribution in [3.63, 3.8) is 0 Å². The number of amides is 1. The zero-order chi connectivity index (χ0) is 19.9. The van der Waals surface area contributed by atoms with E-state index in [0.717, 1.165) is 22.3 Å². The molecule has 0 unspecified atom stereocenters. The van der Waals surface area contributed by atoms with Gasteiger partial charge in [0.2, 0.25) is 0 Å². The van der Waals surface area contributed by atoms with Gasteiger partial charge in [-0.15, -0.1) is 5.10 Å². The van der Waals surface area contributed by atoms with E-state index in [1.54, 1.807) is 6.92 Å². The van der Waals surface area contributed by atoms with Crippen LogP contribution in [0.3, 0.4) is 0 Å². The van der Waals surface area contributed by atoms with Gasteiger partial charge in [-0.1, -0.05) is 17.3 Å². The highest BCUT2D eigenvalue weighted by molar-refractivity contribution is 6.02. The molecule has 1 amide bonds. The molecule has 1 N–H and O–H groups in total. The highest BCUT2D eigenvalue weighted by Crippen LogP contribution is 2.25. The molecule has 0 saturated carbocycles. The van der Waals surface area contributed by atoms with Gasteiger partial charge in [-0.25, -0.2) is 10.1 Å². The predicted molar refractivity (Wildman–Crippen MR) is 107 cm³/mol. The maximum atomic E-state index is 12.3. The molecule has 0 fully saturated rings. The van der Waals surface area contributed by atoms with Gasteiger partial charge in [-0.3, -0.25) is 4.79 Å². The first-order valence-corrected chi connectivity index (χ1v) is 9.13. The Labute approximate surface area is 163 Å². The lowest BCUT2D eigenvalue weighted by atomic mass is 10.1. The van der Waals surface area contributed by atoms with Crippen LogP contribution in [0.2, 0.25) is 0 Å². The summed E-state index contributed by atoms with van der Waals surface area (Å²) in [4.78, 5) is 12.3. The van der Waals surface area contributed by atoms with Gasteiger partial charge in [0.25, 0.3) is 5.91 Å². The summed E-state index contributed by atoms with van der Waals surface area (Å²) in [7, 11) is 0. The van der Waals surface area contributed by atoms with Gasteiger partial charge in [-0.2, -0.15) is 5.10 Å². The van der Waals surface area contributed by atoms with Crippen LogP contribution in [0.1, 0.15) is 26.3 Å². The van der Waals surface area contributed by atoms with Gasteiger partial charge >= 0.3 is 0 Å². The molecule has 0 aliphatic heterocycles. The highest BCUT2D eigenvalue weighted by atomic mass is 16.5. The number of carbonyl (C=O) groups excluding carboxylic acids is 1. The van der Waals surface area contributed by atoms with E-state index >= 15 is 0 Å². The van der Waals surface area contributed by atoms with Gasteiger partial charge in [0.05, 0.1) is 24.4 Å². The molecule has 0 saturated heterocycles. The molecule has 0 aliphatic rings. The third-order valence-corrected chi connectivity index (χ3v) is 4.01. The van der Waals surface area contributed by atoms with Crippen molar-refractivity contribution in [3.8, 4) is 11.5 Å². The number of hydrazone groups is 1. The average molecular weight is 381 g/mol. The van der Waals surface area contributed by atoms with E-state index < -0.39 is 0 Å². The molecule has 1 heterocycles. The summed E-state index contributed by atoms with van der Waals surface area (Å²) in [6.07, 6.45) is 0.